The lowest BCUT2D eigenvalue weighted by atomic mass is 10.2. The molecule has 1 aromatic carbocycles. The van der Waals surface area contributed by atoms with Crippen LogP contribution >= 0.6 is 0 Å². The van der Waals surface area contributed by atoms with Crippen LogP contribution in [-0.4, -0.2) is 25.2 Å². The first-order valence-electron chi connectivity index (χ1n) is 9.85. The average Bonchev–Trinajstić information content (AvgIpc) is 2.89. The molecule has 0 radical (unpaired) electrons. The second kappa shape index (κ2) is 8.56. The maximum Gasteiger partial charge on any atom is 0.346 e. The van der Waals surface area contributed by atoms with E-state index in [1.807, 2.05) is 0 Å². The van der Waals surface area contributed by atoms with Gasteiger partial charge in [-0.2, -0.15) is 5.10 Å². The topological polar surface area (TPSA) is 73.0 Å². The van der Waals surface area contributed by atoms with Gasteiger partial charge in [-0.15, -0.1) is 0 Å². The lowest BCUT2D eigenvalue weighted by Gasteiger charge is -2.23. The second-order valence-corrected chi connectivity index (χ2v) is 7.22. The van der Waals surface area contributed by atoms with E-state index in [1.54, 1.807) is 29.0 Å². The first kappa shape index (κ1) is 19.9. The molecule has 0 N–H and O–H groups in total. The maximum atomic E-state index is 14.5. The van der Waals surface area contributed by atoms with E-state index in [4.69, 9.17) is 0 Å². The summed E-state index contributed by atoms with van der Waals surface area (Å²) in [5, 5.41) is 4.32. The number of aromatic nitrogens is 4. The molecule has 0 bridgehead atoms. The highest BCUT2D eigenvalue weighted by Gasteiger charge is 2.24. The molecule has 7 nitrogen and oxygen atoms in total. The van der Waals surface area contributed by atoms with E-state index in [0.29, 0.717) is 24.5 Å². The van der Waals surface area contributed by atoms with Gasteiger partial charge >= 0.3 is 5.69 Å². The largest absolute Gasteiger partial charge is 0.346 e. The van der Waals surface area contributed by atoms with Crippen LogP contribution in [0.3, 0.4) is 0 Å². The van der Waals surface area contributed by atoms with Crippen molar-refractivity contribution >= 4 is 11.6 Å². The molecule has 0 saturated heterocycles. The highest BCUT2D eigenvalue weighted by molar-refractivity contribution is 5.93. The van der Waals surface area contributed by atoms with Crippen LogP contribution in [0.15, 0.2) is 47.4 Å². The molecule has 0 unspecified atom stereocenters. The van der Waals surface area contributed by atoms with Gasteiger partial charge in [-0.05, 0) is 37.1 Å². The Morgan fingerprint density at radius 2 is 2.00 bits per heavy atom. The Morgan fingerprint density at radius 1 is 1.13 bits per heavy atom. The zero-order valence-electron chi connectivity index (χ0n) is 16.3. The number of pyridine rings is 1. The smallest absolute Gasteiger partial charge is 0.302 e. The van der Waals surface area contributed by atoms with Crippen molar-refractivity contribution in [3.8, 4) is 0 Å². The molecule has 3 heterocycles. The van der Waals surface area contributed by atoms with Crippen LogP contribution in [0.4, 0.5) is 14.5 Å². The van der Waals surface area contributed by atoms with Crippen molar-refractivity contribution in [2.75, 3.05) is 4.90 Å². The fourth-order valence-corrected chi connectivity index (χ4v) is 3.60. The number of aryl methyl sites for hydroxylation is 1. The minimum Gasteiger partial charge on any atom is -0.302 e. The van der Waals surface area contributed by atoms with Gasteiger partial charge in [0.15, 0.2) is 0 Å². The van der Waals surface area contributed by atoms with Crippen molar-refractivity contribution in [2.24, 2.45) is 0 Å². The normalized spacial score (nSPS) is 13.5. The molecule has 0 saturated carbocycles. The van der Waals surface area contributed by atoms with E-state index >= 15 is 0 Å². The van der Waals surface area contributed by atoms with Crippen molar-refractivity contribution in [2.45, 2.75) is 45.3 Å². The lowest BCUT2D eigenvalue weighted by Crippen LogP contribution is -2.37. The van der Waals surface area contributed by atoms with Crippen molar-refractivity contribution < 1.29 is 13.6 Å². The number of anilines is 1. The molecular weight excluding hydrogens is 392 g/mol. The predicted octanol–water partition coefficient (Wildman–Crippen LogP) is 2.68. The first-order chi connectivity index (χ1) is 14.5. The van der Waals surface area contributed by atoms with Gasteiger partial charge in [-0.1, -0.05) is 12.5 Å². The highest BCUT2D eigenvalue weighted by Crippen LogP contribution is 2.22. The minimum atomic E-state index is -0.868. The molecule has 3 aromatic rings. The van der Waals surface area contributed by atoms with Gasteiger partial charge in [0.1, 0.15) is 24.0 Å². The van der Waals surface area contributed by atoms with E-state index in [0.717, 1.165) is 41.0 Å². The monoisotopic (exact) mass is 413 g/mol. The number of benzene rings is 1. The molecule has 1 aliphatic rings. The molecule has 156 valence electrons. The summed E-state index contributed by atoms with van der Waals surface area (Å²) >= 11 is 0. The van der Waals surface area contributed by atoms with E-state index in [-0.39, 0.29) is 24.5 Å². The third kappa shape index (κ3) is 4.14. The molecule has 1 amide bonds. The summed E-state index contributed by atoms with van der Waals surface area (Å²) in [6, 6.07) is 8.19. The summed E-state index contributed by atoms with van der Waals surface area (Å²) in [5.41, 5.74) is 0.0982. The van der Waals surface area contributed by atoms with Gasteiger partial charge in [0.05, 0.1) is 17.9 Å². The molecule has 4 rings (SSSR count). The number of halogens is 2. The van der Waals surface area contributed by atoms with E-state index in [1.165, 1.54) is 6.07 Å². The summed E-state index contributed by atoms with van der Waals surface area (Å²) in [5.74, 6) is -1.49. The SMILES string of the molecule is O=C(Cn1nc2n(c1=O)CCCCC2)N(Cc1ccccn1)c1ccc(F)cc1F. The molecule has 0 spiro atoms. The van der Waals surface area contributed by atoms with Crippen LogP contribution < -0.4 is 10.6 Å². The van der Waals surface area contributed by atoms with Gasteiger partial charge < -0.3 is 4.90 Å². The third-order valence-electron chi connectivity index (χ3n) is 5.11. The summed E-state index contributed by atoms with van der Waals surface area (Å²) in [4.78, 5) is 31.1. The highest BCUT2D eigenvalue weighted by atomic mass is 19.1. The number of fused-ring (bicyclic) bond motifs is 1. The zero-order valence-corrected chi connectivity index (χ0v) is 16.3. The van der Waals surface area contributed by atoms with Crippen molar-refractivity contribution in [3.63, 3.8) is 0 Å². The van der Waals surface area contributed by atoms with Crippen molar-refractivity contribution in [3.05, 3.63) is 76.2 Å². The number of rotatable bonds is 5. The van der Waals surface area contributed by atoms with Crippen molar-refractivity contribution in [1.82, 2.24) is 19.3 Å². The standard InChI is InChI=1S/C21H21F2N5O2/c22-15-8-9-18(17(23)12-15)27(13-16-6-3-4-10-24-16)20(29)14-28-21(30)26-11-5-1-2-7-19(26)25-28/h3-4,6,8-10,12H,1-2,5,7,11,13-14H2. The van der Waals surface area contributed by atoms with Crippen LogP contribution in [0.2, 0.25) is 0 Å². The predicted molar refractivity (Wildman–Crippen MR) is 106 cm³/mol. The molecule has 9 heteroatoms. The Labute approximate surface area is 171 Å². The number of hydrogen-bond donors (Lipinski definition) is 0. The summed E-state index contributed by atoms with van der Waals surface area (Å²) in [6.07, 6.45) is 5.11. The van der Waals surface area contributed by atoms with Gasteiger partial charge in [-0.25, -0.2) is 18.3 Å². The lowest BCUT2D eigenvalue weighted by molar-refractivity contribution is -0.119. The molecular formula is C21H21F2N5O2. The van der Waals surface area contributed by atoms with E-state index in [2.05, 4.69) is 10.1 Å². The van der Waals surface area contributed by atoms with Gasteiger partial charge in [-0.3, -0.25) is 14.3 Å². The zero-order chi connectivity index (χ0) is 21.1. The second-order valence-electron chi connectivity index (χ2n) is 7.22. The molecule has 1 aliphatic heterocycles. The Hall–Kier alpha value is -3.36. The fourth-order valence-electron chi connectivity index (χ4n) is 3.60. The number of nitrogens with zero attached hydrogens (tertiary/aromatic N) is 5. The van der Waals surface area contributed by atoms with E-state index < -0.39 is 17.5 Å². The molecule has 30 heavy (non-hydrogen) atoms. The average molecular weight is 413 g/mol. The van der Waals surface area contributed by atoms with Crippen LogP contribution in [0.5, 0.6) is 0 Å². The van der Waals surface area contributed by atoms with Crippen LogP contribution in [-0.2, 0) is 30.8 Å². The van der Waals surface area contributed by atoms with Crippen LogP contribution in [0, 0.1) is 11.6 Å². The summed E-state index contributed by atoms with van der Waals surface area (Å²) < 4.78 is 30.6. The van der Waals surface area contributed by atoms with Crippen LogP contribution in [0.1, 0.15) is 30.8 Å². The Bertz CT molecular complexity index is 1110. The Balaban J connectivity index is 1.65. The van der Waals surface area contributed by atoms with Gasteiger partial charge in [0.25, 0.3) is 0 Å². The molecule has 2 aromatic heterocycles. The fraction of sp³-hybridized carbons (Fsp3) is 0.333. The summed E-state index contributed by atoms with van der Waals surface area (Å²) in [7, 11) is 0. The van der Waals surface area contributed by atoms with Crippen LogP contribution in [0.25, 0.3) is 0 Å². The minimum absolute atomic E-state index is 0.0233. The quantitative estimate of drug-likeness (QED) is 0.645. The first-order valence-corrected chi connectivity index (χ1v) is 9.85. The Morgan fingerprint density at radius 3 is 2.77 bits per heavy atom. The maximum absolute atomic E-state index is 14.5. The number of carbonyl (C=O) groups excluding carboxylic acids is 1. The number of amides is 1. The number of carbonyl (C=O) groups is 1. The number of hydrogen-bond acceptors (Lipinski definition) is 4. The molecule has 0 fully saturated rings. The van der Waals surface area contributed by atoms with Gasteiger partial charge in [0, 0.05) is 25.2 Å². The van der Waals surface area contributed by atoms with E-state index in [9.17, 15) is 18.4 Å². The molecule has 0 aliphatic carbocycles. The third-order valence-corrected chi connectivity index (χ3v) is 5.11. The van der Waals surface area contributed by atoms with Gasteiger partial charge in [0.2, 0.25) is 5.91 Å². The Kier molecular flexibility index (Phi) is 5.69. The van der Waals surface area contributed by atoms with Crippen molar-refractivity contribution in [1.29, 1.82) is 0 Å². The summed E-state index contributed by atoms with van der Waals surface area (Å²) in [6.45, 7) is 0.208. The molecule has 0 atom stereocenters.